The SMILES string of the molecule is CCOc1c(Cl)cc(CNC(=NC)NCc2ncnn2C)cc1OC. The first-order valence-electron chi connectivity index (χ1n) is 7.85. The van der Waals surface area contributed by atoms with Crippen LogP contribution in [0.15, 0.2) is 23.5 Å². The van der Waals surface area contributed by atoms with E-state index in [-0.39, 0.29) is 0 Å². The Hall–Kier alpha value is -2.48. The number of ether oxygens (including phenoxy) is 2. The van der Waals surface area contributed by atoms with Crippen molar-refractivity contribution in [2.75, 3.05) is 20.8 Å². The minimum Gasteiger partial charge on any atom is -0.493 e. The van der Waals surface area contributed by atoms with Gasteiger partial charge >= 0.3 is 0 Å². The third-order valence-corrected chi connectivity index (χ3v) is 3.76. The van der Waals surface area contributed by atoms with E-state index in [1.807, 2.05) is 26.1 Å². The fourth-order valence-corrected chi connectivity index (χ4v) is 2.50. The Morgan fingerprint density at radius 1 is 1.32 bits per heavy atom. The topological polar surface area (TPSA) is 85.6 Å². The average molecular weight is 367 g/mol. The molecule has 0 aliphatic heterocycles. The highest BCUT2D eigenvalue weighted by molar-refractivity contribution is 6.32. The highest BCUT2D eigenvalue weighted by Gasteiger charge is 2.12. The van der Waals surface area contributed by atoms with Crippen LogP contribution < -0.4 is 20.1 Å². The number of aromatic nitrogens is 3. The lowest BCUT2D eigenvalue weighted by Crippen LogP contribution is -2.36. The van der Waals surface area contributed by atoms with Crippen molar-refractivity contribution in [3.8, 4) is 11.5 Å². The zero-order valence-electron chi connectivity index (χ0n) is 14.8. The highest BCUT2D eigenvalue weighted by Crippen LogP contribution is 2.36. The first kappa shape index (κ1) is 18.9. The molecule has 25 heavy (non-hydrogen) atoms. The van der Waals surface area contributed by atoms with Gasteiger partial charge in [0.15, 0.2) is 17.5 Å². The molecule has 1 aromatic carbocycles. The largest absolute Gasteiger partial charge is 0.493 e. The van der Waals surface area contributed by atoms with Gasteiger partial charge in [-0.05, 0) is 24.6 Å². The van der Waals surface area contributed by atoms with E-state index < -0.39 is 0 Å². The first-order chi connectivity index (χ1) is 12.1. The van der Waals surface area contributed by atoms with Crippen LogP contribution in [0.25, 0.3) is 0 Å². The van der Waals surface area contributed by atoms with Crippen molar-refractivity contribution in [2.45, 2.75) is 20.0 Å². The van der Waals surface area contributed by atoms with Gasteiger partial charge in [-0.2, -0.15) is 5.10 Å². The van der Waals surface area contributed by atoms with E-state index in [1.165, 1.54) is 6.33 Å². The molecule has 136 valence electrons. The molecule has 0 bridgehead atoms. The molecule has 1 heterocycles. The molecule has 0 spiro atoms. The first-order valence-corrected chi connectivity index (χ1v) is 8.23. The van der Waals surface area contributed by atoms with Crippen LogP contribution in [0.5, 0.6) is 11.5 Å². The van der Waals surface area contributed by atoms with Crippen molar-refractivity contribution in [1.29, 1.82) is 0 Å². The fraction of sp³-hybridized carbons (Fsp3) is 0.438. The summed E-state index contributed by atoms with van der Waals surface area (Å²) in [5, 5.41) is 11.0. The number of rotatable bonds is 7. The number of benzene rings is 1. The van der Waals surface area contributed by atoms with E-state index in [4.69, 9.17) is 21.1 Å². The third-order valence-electron chi connectivity index (χ3n) is 3.48. The van der Waals surface area contributed by atoms with E-state index in [2.05, 4.69) is 25.7 Å². The summed E-state index contributed by atoms with van der Waals surface area (Å²) in [7, 11) is 5.14. The van der Waals surface area contributed by atoms with E-state index in [0.717, 1.165) is 11.4 Å². The second-order valence-electron chi connectivity index (χ2n) is 5.12. The Kier molecular flexibility index (Phi) is 6.88. The van der Waals surface area contributed by atoms with Crippen LogP contribution in [0.2, 0.25) is 5.02 Å². The van der Waals surface area contributed by atoms with Crippen molar-refractivity contribution < 1.29 is 9.47 Å². The Morgan fingerprint density at radius 2 is 2.08 bits per heavy atom. The number of nitrogens with one attached hydrogen (secondary N) is 2. The van der Waals surface area contributed by atoms with Gasteiger partial charge in [0.05, 0.1) is 25.3 Å². The maximum absolute atomic E-state index is 6.29. The van der Waals surface area contributed by atoms with Crippen LogP contribution in [0.4, 0.5) is 0 Å². The van der Waals surface area contributed by atoms with E-state index in [0.29, 0.717) is 42.2 Å². The molecule has 2 aromatic rings. The number of methoxy groups -OCH3 is 1. The molecule has 0 amide bonds. The van der Waals surface area contributed by atoms with Gasteiger partial charge in [-0.15, -0.1) is 0 Å². The summed E-state index contributed by atoms with van der Waals surface area (Å²) < 4.78 is 12.6. The molecule has 9 heteroatoms. The fourth-order valence-electron chi connectivity index (χ4n) is 2.21. The van der Waals surface area contributed by atoms with Gasteiger partial charge in [0.2, 0.25) is 0 Å². The van der Waals surface area contributed by atoms with Crippen molar-refractivity contribution in [2.24, 2.45) is 12.0 Å². The minimum absolute atomic E-state index is 0.514. The zero-order chi connectivity index (χ0) is 18.2. The predicted molar refractivity (Wildman–Crippen MR) is 97.2 cm³/mol. The smallest absolute Gasteiger partial charge is 0.191 e. The quantitative estimate of drug-likeness (QED) is 0.573. The molecule has 0 unspecified atom stereocenters. The van der Waals surface area contributed by atoms with Crippen LogP contribution in [0.3, 0.4) is 0 Å². The van der Waals surface area contributed by atoms with Crippen LogP contribution in [0.1, 0.15) is 18.3 Å². The molecule has 0 aliphatic carbocycles. The number of aliphatic imine (C=N–C) groups is 1. The molecule has 0 saturated carbocycles. The average Bonchev–Trinajstić information content (AvgIpc) is 3.02. The summed E-state index contributed by atoms with van der Waals surface area (Å²) in [6.07, 6.45) is 1.52. The van der Waals surface area contributed by atoms with Gasteiger partial charge in [-0.1, -0.05) is 11.6 Å². The van der Waals surface area contributed by atoms with Gasteiger partial charge < -0.3 is 20.1 Å². The zero-order valence-corrected chi connectivity index (χ0v) is 15.6. The van der Waals surface area contributed by atoms with E-state index >= 15 is 0 Å². The number of aryl methyl sites for hydroxylation is 1. The molecule has 2 rings (SSSR count). The van der Waals surface area contributed by atoms with Gasteiger partial charge in [0.1, 0.15) is 12.2 Å². The van der Waals surface area contributed by atoms with Crippen LogP contribution >= 0.6 is 11.6 Å². The maximum atomic E-state index is 6.29. The summed E-state index contributed by atoms with van der Waals surface area (Å²) in [5.74, 6) is 2.62. The Morgan fingerprint density at radius 3 is 2.68 bits per heavy atom. The molecule has 0 saturated heterocycles. The molecule has 8 nitrogen and oxygen atoms in total. The molecule has 0 atom stereocenters. The number of halogens is 1. The Balaban J connectivity index is 1.99. The summed E-state index contributed by atoms with van der Waals surface area (Å²) in [6, 6.07) is 3.73. The standard InChI is InChI=1S/C16H23ClN6O2/c1-5-25-15-12(17)6-11(7-13(15)24-4)8-19-16(18-2)20-9-14-21-10-22-23(14)3/h6-7,10H,5,8-9H2,1-4H3,(H2,18,19,20). The number of hydrogen-bond acceptors (Lipinski definition) is 5. The molecule has 2 N–H and O–H groups in total. The number of guanidine groups is 1. The van der Waals surface area contributed by atoms with E-state index in [9.17, 15) is 0 Å². The van der Waals surface area contributed by atoms with Crippen molar-refractivity contribution in [3.63, 3.8) is 0 Å². The Labute approximate surface area is 152 Å². The lowest BCUT2D eigenvalue weighted by molar-refractivity contribution is 0.311. The number of hydrogen-bond donors (Lipinski definition) is 2. The molecule has 0 radical (unpaired) electrons. The van der Waals surface area contributed by atoms with E-state index in [1.54, 1.807) is 18.8 Å². The highest BCUT2D eigenvalue weighted by atomic mass is 35.5. The second kappa shape index (κ2) is 9.12. The number of nitrogens with zero attached hydrogens (tertiary/aromatic N) is 4. The summed E-state index contributed by atoms with van der Waals surface area (Å²) in [4.78, 5) is 8.35. The monoisotopic (exact) mass is 366 g/mol. The van der Waals surface area contributed by atoms with Gasteiger partial charge in [-0.25, -0.2) is 4.98 Å². The maximum Gasteiger partial charge on any atom is 0.191 e. The summed E-state index contributed by atoms with van der Waals surface area (Å²) in [6.45, 7) is 3.47. The van der Waals surface area contributed by atoms with Crippen LogP contribution in [-0.4, -0.2) is 41.5 Å². The molecular weight excluding hydrogens is 344 g/mol. The Bertz CT molecular complexity index is 731. The van der Waals surface area contributed by atoms with Gasteiger partial charge in [-0.3, -0.25) is 9.67 Å². The minimum atomic E-state index is 0.514. The summed E-state index contributed by atoms with van der Waals surface area (Å²) in [5.41, 5.74) is 0.951. The molecular formula is C16H23ClN6O2. The lowest BCUT2D eigenvalue weighted by atomic mass is 10.2. The van der Waals surface area contributed by atoms with Crippen LogP contribution in [-0.2, 0) is 20.1 Å². The van der Waals surface area contributed by atoms with Gasteiger partial charge in [0, 0.05) is 20.6 Å². The molecule has 0 fully saturated rings. The van der Waals surface area contributed by atoms with Crippen molar-refractivity contribution in [3.05, 3.63) is 34.9 Å². The lowest BCUT2D eigenvalue weighted by Gasteiger charge is -2.15. The van der Waals surface area contributed by atoms with Gasteiger partial charge in [0.25, 0.3) is 0 Å². The van der Waals surface area contributed by atoms with Crippen molar-refractivity contribution in [1.82, 2.24) is 25.4 Å². The predicted octanol–water partition coefficient (Wildman–Crippen LogP) is 1.74. The molecule has 0 aliphatic rings. The molecule has 1 aromatic heterocycles. The normalized spacial score (nSPS) is 11.3. The second-order valence-corrected chi connectivity index (χ2v) is 5.53. The third kappa shape index (κ3) is 4.99. The summed E-state index contributed by atoms with van der Waals surface area (Å²) >= 11 is 6.29. The van der Waals surface area contributed by atoms with Crippen molar-refractivity contribution >= 4 is 17.6 Å². The van der Waals surface area contributed by atoms with Crippen LogP contribution in [0, 0.1) is 0 Å².